The SMILES string of the molecule is CCOC(C1CCCCC1)C(NN)c1cnn(C)c1. The number of aromatic nitrogens is 2. The zero-order valence-electron chi connectivity index (χ0n) is 12.0. The molecule has 0 radical (unpaired) electrons. The van der Waals surface area contributed by atoms with Crippen LogP contribution in [0.1, 0.15) is 50.6 Å². The smallest absolute Gasteiger partial charge is 0.0811 e. The maximum absolute atomic E-state index is 6.02. The van der Waals surface area contributed by atoms with Crippen LogP contribution in [-0.4, -0.2) is 22.5 Å². The molecular formula is C14H26N4O. The van der Waals surface area contributed by atoms with Gasteiger partial charge >= 0.3 is 0 Å². The van der Waals surface area contributed by atoms with Gasteiger partial charge in [-0.3, -0.25) is 16.0 Å². The summed E-state index contributed by atoms with van der Waals surface area (Å²) >= 11 is 0. The molecule has 0 aliphatic heterocycles. The zero-order chi connectivity index (χ0) is 13.7. The molecule has 1 aliphatic carbocycles. The van der Waals surface area contributed by atoms with Crippen LogP contribution < -0.4 is 11.3 Å². The fourth-order valence-corrected chi connectivity index (χ4v) is 3.14. The molecule has 108 valence electrons. The number of nitrogens with zero attached hydrogens (tertiary/aromatic N) is 2. The second-order valence-electron chi connectivity index (χ2n) is 5.41. The van der Waals surface area contributed by atoms with Crippen molar-refractivity contribution in [2.75, 3.05) is 6.61 Å². The van der Waals surface area contributed by atoms with E-state index in [1.54, 1.807) is 0 Å². The summed E-state index contributed by atoms with van der Waals surface area (Å²) in [6.45, 7) is 2.77. The summed E-state index contributed by atoms with van der Waals surface area (Å²) in [6, 6.07) is 0.0248. The van der Waals surface area contributed by atoms with Crippen molar-refractivity contribution in [3.05, 3.63) is 18.0 Å². The topological polar surface area (TPSA) is 65.1 Å². The first kappa shape index (κ1) is 14.5. The Morgan fingerprint density at radius 2 is 2.21 bits per heavy atom. The maximum Gasteiger partial charge on any atom is 0.0811 e. The van der Waals surface area contributed by atoms with E-state index in [4.69, 9.17) is 10.6 Å². The molecule has 1 aromatic rings. The Morgan fingerprint density at radius 3 is 2.74 bits per heavy atom. The molecule has 0 spiro atoms. The third kappa shape index (κ3) is 3.55. The minimum absolute atomic E-state index is 0.0248. The molecule has 2 unspecified atom stereocenters. The molecular weight excluding hydrogens is 240 g/mol. The standard InChI is InChI=1S/C14H26N4O/c1-3-19-14(11-7-5-4-6-8-11)13(17-15)12-9-16-18(2)10-12/h9-11,13-14,17H,3-8,15H2,1-2H3. The van der Waals surface area contributed by atoms with Crippen molar-refractivity contribution in [2.24, 2.45) is 18.8 Å². The van der Waals surface area contributed by atoms with Crippen LogP contribution in [-0.2, 0) is 11.8 Å². The predicted molar refractivity (Wildman–Crippen MR) is 75.3 cm³/mol. The lowest BCUT2D eigenvalue weighted by molar-refractivity contribution is -0.0184. The monoisotopic (exact) mass is 266 g/mol. The van der Waals surface area contributed by atoms with Gasteiger partial charge in [0.05, 0.1) is 18.3 Å². The van der Waals surface area contributed by atoms with Gasteiger partial charge in [-0.25, -0.2) is 0 Å². The molecule has 19 heavy (non-hydrogen) atoms. The van der Waals surface area contributed by atoms with Crippen molar-refractivity contribution >= 4 is 0 Å². The normalized spacial score (nSPS) is 20.4. The lowest BCUT2D eigenvalue weighted by Crippen LogP contribution is -2.42. The number of rotatable bonds is 6. The molecule has 2 rings (SSSR count). The summed E-state index contributed by atoms with van der Waals surface area (Å²) in [7, 11) is 1.92. The molecule has 5 heteroatoms. The Balaban J connectivity index is 2.14. The zero-order valence-corrected chi connectivity index (χ0v) is 12.0. The van der Waals surface area contributed by atoms with Crippen molar-refractivity contribution in [3.8, 4) is 0 Å². The molecule has 2 atom stereocenters. The molecule has 0 saturated heterocycles. The van der Waals surface area contributed by atoms with E-state index in [1.807, 2.05) is 31.0 Å². The number of hydrogen-bond acceptors (Lipinski definition) is 4. The molecule has 1 fully saturated rings. The van der Waals surface area contributed by atoms with Crippen LogP contribution in [0.4, 0.5) is 0 Å². The highest BCUT2D eigenvalue weighted by atomic mass is 16.5. The van der Waals surface area contributed by atoms with E-state index in [1.165, 1.54) is 32.1 Å². The molecule has 1 aliphatic rings. The van der Waals surface area contributed by atoms with Gasteiger partial charge in [-0.2, -0.15) is 5.10 Å². The molecule has 0 bridgehead atoms. The highest BCUT2D eigenvalue weighted by molar-refractivity contribution is 5.13. The van der Waals surface area contributed by atoms with Crippen LogP contribution in [0.3, 0.4) is 0 Å². The summed E-state index contributed by atoms with van der Waals surface area (Å²) in [5, 5.41) is 4.24. The van der Waals surface area contributed by atoms with Gasteiger partial charge in [0, 0.05) is 25.4 Å². The molecule has 1 aromatic heterocycles. The average Bonchev–Trinajstić information content (AvgIpc) is 2.86. The summed E-state index contributed by atoms with van der Waals surface area (Å²) in [4.78, 5) is 0. The summed E-state index contributed by atoms with van der Waals surface area (Å²) in [5.74, 6) is 6.38. The molecule has 3 N–H and O–H groups in total. The lowest BCUT2D eigenvalue weighted by atomic mass is 9.81. The van der Waals surface area contributed by atoms with Crippen molar-refractivity contribution in [2.45, 2.75) is 51.2 Å². The largest absolute Gasteiger partial charge is 0.376 e. The molecule has 5 nitrogen and oxygen atoms in total. The van der Waals surface area contributed by atoms with Crippen LogP contribution in [0.25, 0.3) is 0 Å². The Labute approximate surface area is 115 Å². The van der Waals surface area contributed by atoms with Crippen molar-refractivity contribution in [1.29, 1.82) is 0 Å². The van der Waals surface area contributed by atoms with Crippen molar-refractivity contribution in [1.82, 2.24) is 15.2 Å². The first-order valence-electron chi connectivity index (χ1n) is 7.32. The van der Waals surface area contributed by atoms with E-state index in [0.717, 1.165) is 12.2 Å². The third-order valence-corrected chi connectivity index (χ3v) is 4.07. The van der Waals surface area contributed by atoms with Crippen LogP contribution in [0.15, 0.2) is 12.4 Å². The van der Waals surface area contributed by atoms with E-state index in [0.29, 0.717) is 5.92 Å². The number of hydrogen-bond donors (Lipinski definition) is 2. The van der Waals surface area contributed by atoms with Gasteiger partial charge in [0.1, 0.15) is 0 Å². The van der Waals surface area contributed by atoms with Crippen LogP contribution in [0, 0.1) is 5.92 Å². The minimum atomic E-state index is 0.0248. The molecule has 1 saturated carbocycles. The molecule has 1 heterocycles. The van der Waals surface area contributed by atoms with Gasteiger partial charge < -0.3 is 4.74 Å². The number of nitrogens with one attached hydrogen (secondary N) is 1. The number of aryl methyl sites for hydroxylation is 1. The summed E-state index contributed by atoms with van der Waals surface area (Å²) in [6.07, 6.45) is 10.5. The van der Waals surface area contributed by atoms with Gasteiger partial charge in [0.25, 0.3) is 0 Å². The van der Waals surface area contributed by atoms with E-state index < -0.39 is 0 Å². The predicted octanol–water partition coefficient (Wildman–Crippen LogP) is 1.91. The fourth-order valence-electron chi connectivity index (χ4n) is 3.14. The first-order valence-corrected chi connectivity index (χ1v) is 7.32. The first-order chi connectivity index (χ1) is 9.26. The second kappa shape index (κ2) is 7.03. The van der Waals surface area contributed by atoms with Crippen molar-refractivity contribution < 1.29 is 4.74 Å². The molecule has 0 amide bonds. The van der Waals surface area contributed by atoms with E-state index in [-0.39, 0.29) is 12.1 Å². The highest BCUT2D eigenvalue weighted by Crippen LogP contribution is 2.33. The Kier molecular flexibility index (Phi) is 5.36. The average molecular weight is 266 g/mol. The van der Waals surface area contributed by atoms with Gasteiger partial charge in [0.2, 0.25) is 0 Å². The van der Waals surface area contributed by atoms with Gasteiger partial charge in [-0.05, 0) is 25.7 Å². The number of ether oxygens (including phenoxy) is 1. The van der Waals surface area contributed by atoms with Crippen LogP contribution >= 0.6 is 0 Å². The Hall–Kier alpha value is -0.910. The quantitative estimate of drug-likeness (QED) is 0.610. The maximum atomic E-state index is 6.02. The minimum Gasteiger partial charge on any atom is -0.376 e. The van der Waals surface area contributed by atoms with E-state index in [2.05, 4.69) is 10.5 Å². The third-order valence-electron chi connectivity index (χ3n) is 4.07. The summed E-state index contributed by atoms with van der Waals surface area (Å²) < 4.78 is 7.83. The Bertz CT molecular complexity index is 373. The Morgan fingerprint density at radius 1 is 1.47 bits per heavy atom. The van der Waals surface area contributed by atoms with E-state index >= 15 is 0 Å². The van der Waals surface area contributed by atoms with Crippen LogP contribution in [0.5, 0.6) is 0 Å². The number of hydrazine groups is 1. The fraction of sp³-hybridized carbons (Fsp3) is 0.786. The van der Waals surface area contributed by atoms with Gasteiger partial charge in [-0.15, -0.1) is 0 Å². The summed E-state index contributed by atoms with van der Waals surface area (Å²) in [5.41, 5.74) is 4.04. The highest BCUT2D eigenvalue weighted by Gasteiger charge is 2.32. The lowest BCUT2D eigenvalue weighted by Gasteiger charge is -2.35. The molecule has 0 aromatic carbocycles. The van der Waals surface area contributed by atoms with Crippen LogP contribution in [0.2, 0.25) is 0 Å². The van der Waals surface area contributed by atoms with Crippen molar-refractivity contribution in [3.63, 3.8) is 0 Å². The second-order valence-corrected chi connectivity index (χ2v) is 5.41. The van der Waals surface area contributed by atoms with Gasteiger partial charge in [-0.1, -0.05) is 19.3 Å². The van der Waals surface area contributed by atoms with E-state index in [9.17, 15) is 0 Å². The van der Waals surface area contributed by atoms with Gasteiger partial charge in [0.15, 0.2) is 0 Å². The number of nitrogens with two attached hydrogens (primary N) is 1.